The highest BCUT2D eigenvalue weighted by atomic mass is 14.5. The van der Waals surface area contributed by atoms with Gasteiger partial charge in [-0.3, -0.25) is 0 Å². The molecule has 2 aliphatic carbocycles. The Morgan fingerprint density at radius 1 is 0.459 bits per heavy atom. The van der Waals surface area contributed by atoms with E-state index in [1.807, 2.05) is 0 Å². The van der Waals surface area contributed by atoms with Gasteiger partial charge in [-0.25, -0.2) is 0 Å². The van der Waals surface area contributed by atoms with Crippen LogP contribution in [0.3, 0.4) is 0 Å². The molecule has 0 fully saturated rings. The van der Waals surface area contributed by atoms with Gasteiger partial charge in [-0.05, 0) is 169 Å². The quantitative estimate of drug-likeness (QED) is 0.234. The molecule has 0 nitrogen and oxygen atoms in total. The standard InChI is InChI=1S/C37H38/c1-19-21(3)27(9)34-32(23(19)5)25(7)26(8)33-24(6)20(2)22(4)28(10)35(33)37(34)18-17-30-16-15-29-13-11-12-14-31(29)36(30)37/h11-18H,1-10H3. The summed E-state index contributed by atoms with van der Waals surface area (Å²) in [6.45, 7) is 23.4. The van der Waals surface area contributed by atoms with Crippen LogP contribution in [0, 0.1) is 55.4 Å². The summed E-state index contributed by atoms with van der Waals surface area (Å²) >= 11 is 0. The summed E-state index contributed by atoms with van der Waals surface area (Å²) in [5.74, 6) is 0. The highest BCUT2D eigenvalue weighted by Crippen LogP contribution is 2.58. The number of fused-ring (bicyclic) bond motifs is 8. The second-order valence-electron chi connectivity index (χ2n) is 11.6. The van der Waals surface area contributed by atoms with Gasteiger partial charge in [0, 0.05) is 0 Å². The van der Waals surface area contributed by atoms with E-state index in [2.05, 4.69) is 118 Å². The Hall–Kier alpha value is -3.38. The smallest absolute Gasteiger partial charge is 0.0645 e. The van der Waals surface area contributed by atoms with Crippen LogP contribution in [0.2, 0.25) is 0 Å². The Morgan fingerprint density at radius 3 is 1.49 bits per heavy atom. The predicted molar refractivity (Wildman–Crippen MR) is 162 cm³/mol. The first-order valence-electron chi connectivity index (χ1n) is 13.6. The highest BCUT2D eigenvalue weighted by molar-refractivity contribution is 6.02. The summed E-state index contributed by atoms with van der Waals surface area (Å²) in [6.07, 6.45) is 4.95. The Morgan fingerprint density at radius 2 is 0.946 bits per heavy atom. The molecule has 186 valence electrons. The molecule has 0 aromatic heterocycles. The summed E-state index contributed by atoms with van der Waals surface area (Å²) in [7, 11) is 0. The summed E-state index contributed by atoms with van der Waals surface area (Å²) in [4.78, 5) is 0. The van der Waals surface area contributed by atoms with Crippen molar-refractivity contribution in [2.24, 2.45) is 0 Å². The minimum atomic E-state index is -0.347. The zero-order valence-electron chi connectivity index (χ0n) is 24.1. The van der Waals surface area contributed by atoms with Crippen LogP contribution in [0.4, 0.5) is 0 Å². The largest absolute Gasteiger partial charge is 0.0664 e. The topological polar surface area (TPSA) is 0 Å². The van der Waals surface area contributed by atoms with Crippen molar-refractivity contribution in [2.75, 3.05) is 0 Å². The molecule has 1 spiro atoms. The van der Waals surface area contributed by atoms with Gasteiger partial charge in [0.15, 0.2) is 0 Å². The van der Waals surface area contributed by atoms with Crippen molar-refractivity contribution in [3.05, 3.63) is 120 Å². The third kappa shape index (κ3) is 2.79. The molecule has 0 aliphatic heterocycles. The van der Waals surface area contributed by atoms with E-state index in [0.717, 1.165) is 0 Å². The number of allylic oxidation sites excluding steroid dienone is 3. The first-order valence-corrected chi connectivity index (χ1v) is 13.6. The van der Waals surface area contributed by atoms with Gasteiger partial charge in [0.2, 0.25) is 0 Å². The predicted octanol–water partition coefficient (Wildman–Crippen LogP) is 9.93. The van der Waals surface area contributed by atoms with Crippen molar-refractivity contribution in [3.63, 3.8) is 0 Å². The Balaban J connectivity index is 1.99. The van der Waals surface area contributed by atoms with Crippen LogP contribution in [-0.4, -0.2) is 0 Å². The van der Waals surface area contributed by atoms with E-state index in [9.17, 15) is 0 Å². The van der Waals surface area contributed by atoms with E-state index in [1.54, 1.807) is 0 Å². The molecule has 0 bridgehead atoms. The van der Waals surface area contributed by atoms with Gasteiger partial charge in [-0.1, -0.05) is 48.6 Å². The second-order valence-corrected chi connectivity index (χ2v) is 11.6. The zero-order chi connectivity index (χ0) is 26.5. The number of hydrogen-bond donors (Lipinski definition) is 0. The van der Waals surface area contributed by atoms with E-state index in [-0.39, 0.29) is 5.41 Å². The van der Waals surface area contributed by atoms with Crippen molar-refractivity contribution in [1.29, 1.82) is 0 Å². The molecule has 0 atom stereocenters. The number of rotatable bonds is 0. The Bertz CT molecular complexity index is 1670. The third-order valence-electron chi connectivity index (χ3n) is 10.3. The summed E-state index contributed by atoms with van der Waals surface area (Å²) in [6, 6.07) is 13.6. The lowest BCUT2D eigenvalue weighted by Gasteiger charge is -2.39. The fraction of sp³-hybridized carbons (Fsp3) is 0.297. The maximum atomic E-state index is 2.55. The van der Waals surface area contributed by atoms with Crippen LogP contribution in [0.5, 0.6) is 0 Å². The minimum Gasteiger partial charge on any atom is -0.0645 e. The zero-order valence-corrected chi connectivity index (χ0v) is 24.1. The van der Waals surface area contributed by atoms with Crippen LogP contribution >= 0.6 is 0 Å². The molecule has 0 unspecified atom stereocenters. The Kier molecular flexibility index (Phi) is 5.06. The fourth-order valence-corrected chi connectivity index (χ4v) is 7.63. The molecule has 4 aromatic rings. The summed E-state index contributed by atoms with van der Waals surface area (Å²) in [5, 5.41) is 2.68. The van der Waals surface area contributed by atoms with Gasteiger partial charge >= 0.3 is 0 Å². The molecular weight excluding hydrogens is 444 g/mol. The average molecular weight is 483 g/mol. The van der Waals surface area contributed by atoms with Crippen molar-refractivity contribution in [3.8, 4) is 0 Å². The van der Waals surface area contributed by atoms with E-state index in [1.165, 1.54) is 99.8 Å². The molecule has 0 radical (unpaired) electrons. The lowest BCUT2D eigenvalue weighted by atomic mass is 9.63. The van der Waals surface area contributed by atoms with Crippen LogP contribution in [0.1, 0.15) is 91.7 Å². The number of hydrogen-bond acceptors (Lipinski definition) is 0. The van der Waals surface area contributed by atoms with E-state index >= 15 is 0 Å². The van der Waals surface area contributed by atoms with E-state index in [0.29, 0.717) is 0 Å². The summed E-state index contributed by atoms with van der Waals surface area (Å²) < 4.78 is 0. The van der Waals surface area contributed by atoms with Crippen LogP contribution in [0.15, 0.2) is 42.5 Å². The van der Waals surface area contributed by atoms with Gasteiger partial charge in [-0.2, -0.15) is 0 Å². The first-order chi connectivity index (χ1) is 17.5. The van der Waals surface area contributed by atoms with E-state index < -0.39 is 0 Å². The van der Waals surface area contributed by atoms with Crippen LogP contribution < -0.4 is 0 Å². The molecule has 2 aliphatic rings. The SMILES string of the molecule is CC1=C(C)c2c(C)c(C)c(C)c(C)c2C2(C=Cc3ccc4ccccc4c32)c2c(C)c(C)c(C)c(C)c21. The number of benzene rings is 4. The molecule has 0 saturated heterocycles. The van der Waals surface area contributed by atoms with Gasteiger partial charge in [0.05, 0.1) is 5.41 Å². The lowest BCUT2D eigenvalue weighted by molar-refractivity contribution is 0.773. The molecular formula is C37H38. The molecule has 0 amide bonds. The fourth-order valence-electron chi connectivity index (χ4n) is 7.63. The van der Waals surface area contributed by atoms with E-state index in [4.69, 9.17) is 0 Å². The molecule has 4 aromatic carbocycles. The third-order valence-corrected chi connectivity index (χ3v) is 10.3. The van der Waals surface area contributed by atoms with Crippen molar-refractivity contribution < 1.29 is 0 Å². The molecule has 0 heterocycles. The molecule has 0 heteroatoms. The van der Waals surface area contributed by atoms with Crippen molar-refractivity contribution in [2.45, 2.75) is 74.7 Å². The van der Waals surface area contributed by atoms with Gasteiger partial charge in [-0.15, -0.1) is 0 Å². The lowest BCUT2D eigenvalue weighted by Crippen LogP contribution is -2.31. The molecule has 37 heavy (non-hydrogen) atoms. The minimum absolute atomic E-state index is 0.347. The Labute approximate surface area is 222 Å². The normalized spacial score (nSPS) is 15.3. The highest BCUT2D eigenvalue weighted by Gasteiger charge is 2.47. The second kappa shape index (κ2) is 7.81. The molecule has 6 rings (SSSR count). The molecule has 0 N–H and O–H groups in total. The average Bonchev–Trinajstić information content (AvgIpc) is 3.26. The molecule has 0 saturated carbocycles. The van der Waals surface area contributed by atoms with Gasteiger partial charge in [0.1, 0.15) is 0 Å². The van der Waals surface area contributed by atoms with Crippen molar-refractivity contribution in [1.82, 2.24) is 0 Å². The van der Waals surface area contributed by atoms with Crippen molar-refractivity contribution >= 4 is 28.0 Å². The first kappa shape index (κ1) is 24.0. The monoisotopic (exact) mass is 482 g/mol. The van der Waals surface area contributed by atoms with Gasteiger partial charge < -0.3 is 0 Å². The maximum Gasteiger partial charge on any atom is 0.0664 e. The van der Waals surface area contributed by atoms with Gasteiger partial charge in [0.25, 0.3) is 0 Å². The van der Waals surface area contributed by atoms with Crippen LogP contribution in [-0.2, 0) is 5.41 Å². The maximum absolute atomic E-state index is 2.55. The summed E-state index contributed by atoms with van der Waals surface area (Å²) in [5.41, 5.74) is 22.6. The van der Waals surface area contributed by atoms with Crippen LogP contribution in [0.25, 0.3) is 28.0 Å².